The average molecular weight is 672 g/mol. The Morgan fingerprint density at radius 2 is 0.745 bits per heavy atom. The van der Waals surface area contributed by atoms with Crippen molar-refractivity contribution in [3.05, 3.63) is 210 Å². The lowest BCUT2D eigenvalue weighted by Gasteiger charge is -2.30. The number of benzene rings is 7. The molecule has 9 aromatic rings. The topological polar surface area (TPSA) is 38.7 Å². The van der Waals surface area contributed by atoms with Crippen molar-refractivity contribution >= 4 is 31.5 Å². The number of aromatic nitrogens is 3. The van der Waals surface area contributed by atoms with E-state index in [1.165, 1.54) is 42.4 Å². The molecule has 0 aliphatic heterocycles. The first-order chi connectivity index (χ1) is 25.3. The van der Waals surface area contributed by atoms with Crippen LogP contribution in [-0.2, 0) is 0 Å². The van der Waals surface area contributed by atoms with Gasteiger partial charge in [0.05, 0.1) is 0 Å². The van der Waals surface area contributed by atoms with Crippen molar-refractivity contribution in [1.82, 2.24) is 15.0 Å². The molecular weight excluding hydrogens is 639 g/mol. The molecule has 0 saturated carbocycles. The lowest BCUT2D eigenvalue weighted by atomic mass is 9.73. The fourth-order valence-electron chi connectivity index (χ4n) is 7.22. The van der Waals surface area contributed by atoms with E-state index in [9.17, 15) is 0 Å². The third-order valence-corrected chi connectivity index (χ3v) is 10.8. The summed E-state index contributed by atoms with van der Waals surface area (Å²) in [5.74, 6) is 2.10. The number of hydrogen-bond acceptors (Lipinski definition) is 4. The van der Waals surface area contributed by atoms with E-state index in [4.69, 9.17) is 15.0 Å². The van der Waals surface area contributed by atoms with Crippen LogP contribution in [0.1, 0.15) is 34.1 Å². The molecular formula is C47H33N3S. The summed E-state index contributed by atoms with van der Waals surface area (Å²) < 4.78 is 2.50. The monoisotopic (exact) mass is 671 g/mol. The second-order valence-corrected chi connectivity index (χ2v) is 13.9. The van der Waals surface area contributed by atoms with Gasteiger partial charge in [-0.25, -0.2) is 15.0 Å². The zero-order valence-corrected chi connectivity index (χ0v) is 28.6. The van der Waals surface area contributed by atoms with Crippen molar-refractivity contribution in [1.29, 1.82) is 0 Å². The van der Waals surface area contributed by atoms with Crippen molar-refractivity contribution in [2.75, 3.05) is 0 Å². The Kier molecular flexibility index (Phi) is 8.20. The Morgan fingerprint density at radius 3 is 1.35 bits per heavy atom. The molecule has 0 spiro atoms. The standard InChI is InChI=1S/C47H33N3S/c1-5-16-32(17-6-1)43(33-18-7-2-8-19-33)44(34-20-9-3-10-21-34)36-24-15-25-37(30-36)46-48-45(35-22-11-4-12-23-35)49-47(50-46)38-28-29-40-39-26-13-14-27-41(39)51-42(40)31-38/h1-31,43-44H. The smallest absolute Gasteiger partial charge is 0.164 e. The first-order valence-electron chi connectivity index (χ1n) is 17.3. The molecule has 3 nitrogen and oxygen atoms in total. The fourth-order valence-corrected chi connectivity index (χ4v) is 8.37. The van der Waals surface area contributed by atoms with Crippen LogP contribution >= 0.6 is 11.3 Å². The number of nitrogens with zero attached hydrogens (tertiary/aromatic N) is 3. The van der Waals surface area contributed by atoms with Crippen molar-refractivity contribution in [3.8, 4) is 34.2 Å². The van der Waals surface area contributed by atoms with E-state index in [0.29, 0.717) is 17.5 Å². The molecule has 0 saturated heterocycles. The average Bonchev–Trinajstić information content (AvgIpc) is 3.59. The van der Waals surface area contributed by atoms with E-state index >= 15 is 0 Å². The summed E-state index contributed by atoms with van der Waals surface area (Å²) in [7, 11) is 0. The maximum atomic E-state index is 5.18. The van der Waals surface area contributed by atoms with Crippen molar-refractivity contribution in [2.45, 2.75) is 11.8 Å². The lowest BCUT2D eigenvalue weighted by Crippen LogP contribution is -2.15. The van der Waals surface area contributed by atoms with Crippen LogP contribution in [0.3, 0.4) is 0 Å². The molecule has 2 aromatic heterocycles. The van der Waals surface area contributed by atoms with Crippen LogP contribution in [0.2, 0.25) is 0 Å². The van der Waals surface area contributed by atoms with Gasteiger partial charge in [0.15, 0.2) is 17.5 Å². The summed E-state index contributed by atoms with van der Waals surface area (Å²) in [6.45, 7) is 0. The molecule has 0 aliphatic carbocycles. The third kappa shape index (κ3) is 6.11. The van der Waals surface area contributed by atoms with Gasteiger partial charge in [-0.3, -0.25) is 0 Å². The third-order valence-electron chi connectivity index (χ3n) is 9.62. The summed E-state index contributed by atoms with van der Waals surface area (Å²) in [6.07, 6.45) is 0. The first-order valence-corrected chi connectivity index (χ1v) is 18.1. The highest BCUT2D eigenvalue weighted by molar-refractivity contribution is 7.25. The Hall–Kier alpha value is -6.23. The van der Waals surface area contributed by atoms with Gasteiger partial charge < -0.3 is 0 Å². The molecule has 51 heavy (non-hydrogen) atoms. The van der Waals surface area contributed by atoms with Crippen LogP contribution in [0.25, 0.3) is 54.3 Å². The molecule has 0 N–H and O–H groups in total. The van der Waals surface area contributed by atoms with E-state index in [0.717, 1.165) is 16.7 Å². The van der Waals surface area contributed by atoms with Gasteiger partial charge >= 0.3 is 0 Å². The SMILES string of the molecule is c1ccc(-c2nc(-c3cccc(C(c4ccccc4)C(c4ccccc4)c4ccccc4)c3)nc(-c3ccc4c(c3)sc3ccccc34)n2)cc1. The second kappa shape index (κ2) is 13.6. The van der Waals surface area contributed by atoms with Gasteiger partial charge in [-0.15, -0.1) is 11.3 Å². The second-order valence-electron chi connectivity index (χ2n) is 12.8. The summed E-state index contributed by atoms with van der Waals surface area (Å²) in [6, 6.07) is 66.7. The number of rotatable bonds is 8. The summed E-state index contributed by atoms with van der Waals surface area (Å²) in [4.78, 5) is 15.3. The van der Waals surface area contributed by atoms with Crippen LogP contribution in [0.5, 0.6) is 0 Å². The van der Waals surface area contributed by atoms with Gasteiger partial charge in [0.1, 0.15) is 0 Å². The summed E-state index contributed by atoms with van der Waals surface area (Å²) in [5.41, 5.74) is 7.88. The van der Waals surface area contributed by atoms with Gasteiger partial charge in [-0.2, -0.15) is 0 Å². The molecule has 0 fully saturated rings. The molecule has 1 atom stereocenters. The minimum Gasteiger partial charge on any atom is -0.208 e. The van der Waals surface area contributed by atoms with Gasteiger partial charge in [-0.05, 0) is 40.5 Å². The maximum Gasteiger partial charge on any atom is 0.164 e. The minimum absolute atomic E-state index is 0.0428. The Labute approximate surface area is 301 Å². The highest BCUT2D eigenvalue weighted by Crippen LogP contribution is 2.44. The van der Waals surface area contributed by atoms with Gasteiger partial charge in [0, 0.05) is 48.7 Å². The normalized spacial score (nSPS) is 12.0. The molecule has 4 heteroatoms. The Morgan fingerprint density at radius 1 is 0.314 bits per heavy atom. The predicted octanol–water partition coefficient (Wildman–Crippen LogP) is 12.2. The zero-order valence-electron chi connectivity index (χ0n) is 27.8. The maximum absolute atomic E-state index is 5.18. The molecule has 2 heterocycles. The van der Waals surface area contributed by atoms with Crippen LogP contribution in [-0.4, -0.2) is 15.0 Å². The molecule has 242 valence electrons. The Balaban J connectivity index is 1.21. The molecule has 9 rings (SSSR count). The minimum atomic E-state index is 0.0428. The predicted molar refractivity (Wildman–Crippen MR) is 212 cm³/mol. The van der Waals surface area contributed by atoms with Crippen LogP contribution in [0.4, 0.5) is 0 Å². The molecule has 1 unspecified atom stereocenters. The first kappa shape index (κ1) is 30.8. The molecule has 0 aliphatic rings. The number of fused-ring (bicyclic) bond motifs is 3. The van der Waals surface area contributed by atoms with E-state index in [-0.39, 0.29) is 11.8 Å². The highest BCUT2D eigenvalue weighted by Gasteiger charge is 2.28. The van der Waals surface area contributed by atoms with E-state index < -0.39 is 0 Å². The molecule has 0 bridgehead atoms. The summed E-state index contributed by atoms with van der Waals surface area (Å²) in [5, 5.41) is 2.53. The molecule has 0 radical (unpaired) electrons. The highest BCUT2D eigenvalue weighted by atomic mass is 32.1. The van der Waals surface area contributed by atoms with Gasteiger partial charge in [-0.1, -0.05) is 170 Å². The number of thiophene rings is 1. The van der Waals surface area contributed by atoms with Crippen molar-refractivity contribution in [2.24, 2.45) is 0 Å². The van der Waals surface area contributed by atoms with Crippen molar-refractivity contribution in [3.63, 3.8) is 0 Å². The largest absolute Gasteiger partial charge is 0.208 e. The van der Waals surface area contributed by atoms with E-state index in [2.05, 4.69) is 170 Å². The molecule has 0 amide bonds. The fraction of sp³-hybridized carbons (Fsp3) is 0.0426. The zero-order chi connectivity index (χ0) is 34.0. The quantitative estimate of drug-likeness (QED) is 0.161. The van der Waals surface area contributed by atoms with Crippen LogP contribution in [0, 0.1) is 0 Å². The van der Waals surface area contributed by atoms with Crippen LogP contribution in [0.15, 0.2) is 188 Å². The molecule has 7 aromatic carbocycles. The van der Waals surface area contributed by atoms with Gasteiger partial charge in [0.25, 0.3) is 0 Å². The van der Waals surface area contributed by atoms with E-state index in [1.54, 1.807) is 11.3 Å². The Bertz CT molecular complexity index is 2540. The lowest BCUT2D eigenvalue weighted by molar-refractivity contribution is 0.694. The van der Waals surface area contributed by atoms with Gasteiger partial charge in [0.2, 0.25) is 0 Å². The number of hydrogen-bond donors (Lipinski definition) is 0. The van der Waals surface area contributed by atoms with Crippen LogP contribution < -0.4 is 0 Å². The van der Waals surface area contributed by atoms with E-state index in [1.807, 2.05) is 18.2 Å². The van der Waals surface area contributed by atoms with Crippen molar-refractivity contribution < 1.29 is 0 Å². The summed E-state index contributed by atoms with van der Waals surface area (Å²) >= 11 is 1.80.